The molecule has 0 saturated carbocycles. The van der Waals surface area contributed by atoms with Crippen LogP contribution in [0.3, 0.4) is 0 Å². The zero-order valence-corrected chi connectivity index (χ0v) is 13.0. The maximum atomic E-state index is 13.8. The summed E-state index contributed by atoms with van der Waals surface area (Å²) in [6.07, 6.45) is 0.190. The minimum atomic E-state index is -1.98. The van der Waals surface area contributed by atoms with Crippen molar-refractivity contribution < 1.29 is 27.2 Å². The third kappa shape index (κ3) is 4.70. The lowest BCUT2D eigenvalue weighted by Crippen LogP contribution is -2.31. The second-order valence-electron chi connectivity index (χ2n) is 4.81. The molecule has 134 valence electrons. The summed E-state index contributed by atoms with van der Waals surface area (Å²) in [6.45, 7) is 4.91. The number of hydrogen-bond acceptors (Lipinski definition) is 3. The molecule has 25 heavy (non-hydrogen) atoms. The number of rotatable bonds is 7. The molecule has 7 nitrogen and oxygen atoms in total. The van der Waals surface area contributed by atoms with Crippen LogP contribution in [0.4, 0.5) is 23.2 Å². The molecule has 0 aliphatic carbocycles. The molecule has 1 rings (SSSR count). The lowest BCUT2D eigenvalue weighted by Gasteiger charge is -2.10. The maximum absolute atomic E-state index is 13.8. The zero-order valence-electron chi connectivity index (χ0n) is 13.0. The normalized spacial score (nSPS) is 9.96. The predicted octanol–water partition coefficient (Wildman–Crippen LogP) is 3.00. The Balaban J connectivity index is 2.81. The maximum Gasteiger partial charge on any atom is 0.257 e. The lowest BCUT2D eigenvalue weighted by atomic mass is 10.1. The van der Waals surface area contributed by atoms with Crippen LogP contribution in [0.1, 0.15) is 23.7 Å². The van der Waals surface area contributed by atoms with Gasteiger partial charge in [-0.05, 0) is 18.9 Å². The van der Waals surface area contributed by atoms with Gasteiger partial charge in [0, 0.05) is 23.6 Å². The molecule has 0 saturated heterocycles. The molecule has 0 heterocycles. The summed E-state index contributed by atoms with van der Waals surface area (Å²) in [5.41, 5.74) is 5.43. The van der Waals surface area contributed by atoms with Crippen LogP contribution in [0.2, 0.25) is 0 Å². The van der Waals surface area contributed by atoms with Gasteiger partial charge in [0.05, 0.1) is 0 Å². The standard InChI is InChI=1S/C14H13F4N5O2/c1-6(2)13(24)20-4-3-5-21-14(25)7-8(15)10(17)12(22-23-19)11(18)9(7)16/h1,3-5H2,2H3,(H,20,24)(H,21,25). The molecule has 0 fully saturated rings. The van der Waals surface area contributed by atoms with Crippen molar-refractivity contribution in [2.75, 3.05) is 13.1 Å². The van der Waals surface area contributed by atoms with Gasteiger partial charge in [0.15, 0.2) is 23.3 Å². The highest BCUT2D eigenvalue weighted by Crippen LogP contribution is 2.30. The summed E-state index contributed by atoms with van der Waals surface area (Å²) < 4.78 is 54.7. The molecule has 0 spiro atoms. The fraction of sp³-hybridized carbons (Fsp3) is 0.286. The van der Waals surface area contributed by atoms with Gasteiger partial charge >= 0.3 is 0 Å². The topological polar surface area (TPSA) is 107 Å². The van der Waals surface area contributed by atoms with Crippen molar-refractivity contribution in [3.63, 3.8) is 0 Å². The van der Waals surface area contributed by atoms with Gasteiger partial charge in [-0.25, -0.2) is 17.6 Å². The van der Waals surface area contributed by atoms with Crippen LogP contribution in [-0.2, 0) is 4.79 Å². The Morgan fingerprint density at radius 3 is 2.08 bits per heavy atom. The van der Waals surface area contributed by atoms with E-state index in [1.165, 1.54) is 6.92 Å². The molecule has 2 amide bonds. The second-order valence-corrected chi connectivity index (χ2v) is 4.81. The van der Waals surface area contributed by atoms with Gasteiger partial charge in [-0.3, -0.25) is 9.59 Å². The second kappa shape index (κ2) is 8.69. The highest BCUT2D eigenvalue weighted by atomic mass is 19.2. The smallest absolute Gasteiger partial charge is 0.257 e. The Hall–Kier alpha value is -3.07. The summed E-state index contributed by atoms with van der Waals surface area (Å²) in [4.78, 5) is 25.0. The molecule has 0 atom stereocenters. The van der Waals surface area contributed by atoms with Gasteiger partial charge in [0.1, 0.15) is 11.3 Å². The van der Waals surface area contributed by atoms with E-state index >= 15 is 0 Å². The molecule has 0 unspecified atom stereocenters. The number of amides is 2. The van der Waals surface area contributed by atoms with Crippen molar-refractivity contribution in [1.29, 1.82) is 0 Å². The van der Waals surface area contributed by atoms with Crippen LogP contribution in [-0.4, -0.2) is 24.9 Å². The molecule has 1 aromatic carbocycles. The first-order chi connectivity index (χ1) is 11.7. The first-order valence-corrected chi connectivity index (χ1v) is 6.85. The highest BCUT2D eigenvalue weighted by Gasteiger charge is 2.28. The number of carbonyl (C=O) groups is 2. The zero-order chi connectivity index (χ0) is 19.1. The monoisotopic (exact) mass is 359 g/mol. The first-order valence-electron chi connectivity index (χ1n) is 6.85. The van der Waals surface area contributed by atoms with Crippen LogP contribution in [0, 0.1) is 23.3 Å². The van der Waals surface area contributed by atoms with Gasteiger partial charge in [-0.1, -0.05) is 11.7 Å². The fourth-order valence-electron chi connectivity index (χ4n) is 1.68. The Bertz CT molecular complexity index is 746. The first kappa shape index (κ1) is 20.0. The molecule has 0 aromatic heterocycles. The van der Waals surface area contributed by atoms with Gasteiger partial charge in [-0.15, -0.1) is 0 Å². The van der Waals surface area contributed by atoms with Crippen molar-refractivity contribution in [3.8, 4) is 0 Å². The van der Waals surface area contributed by atoms with E-state index in [4.69, 9.17) is 5.53 Å². The molecule has 0 radical (unpaired) electrons. The minimum Gasteiger partial charge on any atom is -0.352 e. The van der Waals surface area contributed by atoms with E-state index in [-0.39, 0.29) is 25.1 Å². The Labute approximate surface area is 139 Å². The molecule has 0 aliphatic rings. The summed E-state index contributed by atoms with van der Waals surface area (Å²) in [5.74, 6) is -9.71. The Kier molecular flexibility index (Phi) is 6.94. The number of benzene rings is 1. The third-order valence-corrected chi connectivity index (χ3v) is 2.92. The predicted molar refractivity (Wildman–Crippen MR) is 79.9 cm³/mol. The number of nitrogens with one attached hydrogen (secondary N) is 2. The van der Waals surface area contributed by atoms with Crippen LogP contribution >= 0.6 is 0 Å². The summed E-state index contributed by atoms with van der Waals surface area (Å²) >= 11 is 0. The van der Waals surface area contributed by atoms with Crippen molar-refractivity contribution in [2.24, 2.45) is 5.11 Å². The van der Waals surface area contributed by atoms with Crippen LogP contribution in [0.15, 0.2) is 17.3 Å². The van der Waals surface area contributed by atoms with Crippen LogP contribution < -0.4 is 10.6 Å². The lowest BCUT2D eigenvalue weighted by molar-refractivity contribution is -0.117. The highest BCUT2D eigenvalue weighted by molar-refractivity contribution is 5.95. The van der Waals surface area contributed by atoms with Crippen LogP contribution in [0.5, 0.6) is 0 Å². The van der Waals surface area contributed by atoms with E-state index in [9.17, 15) is 27.2 Å². The molecular formula is C14H13F4N5O2. The van der Waals surface area contributed by atoms with Crippen molar-refractivity contribution in [1.82, 2.24) is 10.6 Å². The average Bonchev–Trinajstić information content (AvgIpc) is 2.56. The van der Waals surface area contributed by atoms with Crippen molar-refractivity contribution >= 4 is 17.5 Å². The van der Waals surface area contributed by atoms with E-state index in [0.717, 1.165) is 0 Å². The fourth-order valence-corrected chi connectivity index (χ4v) is 1.68. The van der Waals surface area contributed by atoms with E-state index in [1.807, 2.05) is 0 Å². The van der Waals surface area contributed by atoms with E-state index in [2.05, 4.69) is 27.2 Å². The number of nitrogens with zero attached hydrogens (tertiary/aromatic N) is 3. The Morgan fingerprint density at radius 2 is 1.60 bits per heavy atom. The van der Waals surface area contributed by atoms with E-state index in [1.54, 1.807) is 0 Å². The quantitative estimate of drug-likeness (QED) is 0.148. The summed E-state index contributed by atoms with van der Waals surface area (Å²) in [7, 11) is 0. The third-order valence-electron chi connectivity index (χ3n) is 2.92. The van der Waals surface area contributed by atoms with E-state index in [0.29, 0.717) is 0 Å². The number of halogens is 4. The largest absolute Gasteiger partial charge is 0.352 e. The number of carbonyl (C=O) groups excluding carboxylic acids is 2. The van der Waals surface area contributed by atoms with Gasteiger partial charge in [-0.2, -0.15) is 0 Å². The van der Waals surface area contributed by atoms with E-state index < -0.39 is 46.3 Å². The van der Waals surface area contributed by atoms with Crippen molar-refractivity contribution in [3.05, 3.63) is 51.4 Å². The SMILES string of the molecule is C=C(C)C(=O)NCCCNC(=O)c1c(F)c(F)c(N=[N+]=[N-])c(F)c1F. The molecule has 2 N–H and O–H groups in total. The molecule has 0 bridgehead atoms. The van der Waals surface area contributed by atoms with Gasteiger partial charge in [0.2, 0.25) is 5.91 Å². The van der Waals surface area contributed by atoms with Crippen LogP contribution in [0.25, 0.3) is 10.4 Å². The summed E-state index contributed by atoms with van der Waals surface area (Å²) in [6, 6.07) is 0. The minimum absolute atomic E-state index is 0.129. The number of azide groups is 1. The average molecular weight is 359 g/mol. The number of hydrogen-bond donors (Lipinski definition) is 2. The van der Waals surface area contributed by atoms with Gasteiger partial charge < -0.3 is 10.6 Å². The molecule has 11 heteroatoms. The van der Waals surface area contributed by atoms with Crippen molar-refractivity contribution in [2.45, 2.75) is 13.3 Å². The molecule has 0 aliphatic heterocycles. The van der Waals surface area contributed by atoms with Gasteiger partial charge in [0.25, 0.3) is 5.91 Å². The molecule has 1 aromatic rings. The Morgan fingerprint density at radius 1 is 1.08 bits per heavy atom. The molecular weight excluding hydrogens is 346 g/mol. The summed E-state index contributed by atoms with van der Waals surface area (Å²) in [5, 5.41) is 7.03.